The summed E-state index contributed by atoms with van der Waals surface area (Å²) in [5.41, 5.74) is 1.13. The zero-order chi connectivity index (χ0) is 19.5. The van der Waals surface area contributed by atoms with Crippen LogP contribution in [0.5, 0.6) is 5.75 Å². The van der Waals surface area contributed by atoms with Crippen LogP contribution in [0.4, 0.5) is 0 Å². The minimum Gasteiger partial charge on any atom is -0.496 e. The maximum atomic E-state index is 13.0. The van der Waals surface area contributed by atoms with Gasteiger partial charge >= 0.3 is 0 Å². The van der Waals surface area contributed by atoms with Gasteiger partial charge in [0.2, 0.25) is 5.91 Å². The number of methoxy groups -OCH3 is 1. The highest BCUT2D eigenvalue weighted by molar-refractivity contribution is 9.10. The molecule has 6 nitrogen and oxygen atoms in total. The van der Waals surface area contributed by atoms with Gasteiger partial charge in [0.05, 0.1) is 17.6 Å². The second kappa shape index (κ2) is 8.64. The molecule has 1 fully saturated rings. The van der Waals surface area contributed by atoms with E-state index >= 15 is 0 Å². The van der Waals surface area contributed by atoms with Crippen molar-refractivity contribution < 1.29 is 9.53 Å². The van der Waals surface area contributed by atoms with E-state index in [-0.39, 0.29) is 11.9 Å². The standard InChI is InChI=1S/C21H27BrN4O2/c1-28-18-10-8-15(14-16(18)22)9-11-20(27)25-13-5-6-17(25)21-24-23-19-7-3-2-4-12-26(19)21/h8,10,14,17H,2-7,9,11-13H2,1H3. The molecule has 1 atom stereocenters. The average Bonchev–Trinajstić information content (AvgIpc) is 3.27. The van der Waals surface area contributed by atoms with Crippen molar-refractivity contribution in [1.82, 2.24) is 19.7 Å². The fourth-order valence-electron chi connectivity index (χ4n) is 4.35. The summed E-state index contributed by atoms with van der Waals surface area (Å²) < 4.78 is 8.48. The Morgan fingerprint density at radius 1 is 1.21 bits per heavy atom. The molecule has 0 radical (unpaired) electrons. The van der Waals surface area contributed by atoms with Crippen LogP contribution < -0.4 is 4.74 Å². The smallest absolute Gasteiger partial charge is 0.223 e. The van der Waals surface area contributed by atoms with Gasteiger partial charge in [-0.1, -0.05) is 12.5 Å². The second-order valence-electron chi connectivity index (χ2n) is 7.65. The van der Waals surface area contributed by atoms with Crippen molar-refractivity contribution in [3.05, 3.63) is 39.9 Å². The van der Waals surface area contributed by atoms with E-state index in [9.17, 15) is 4.79 Å². The summed E-state index contributed by atoms with van der Waals surface area (Å²) in [5, 5.41) is 8.93. The maximum Gasteiger partial charge on any atom is 0.223 e. The van der Waals surface area contributed by atoms with Crippen LogP contribution in [0.3, 0.4) is 0 Å². The van der Waals surface area contributed by atoms with Crippen molar-refractivity contribution in [2.45, 2.75) is 64.0 Å². The van der Waals surface area contributed by atoms with Crippen molar-refractivity contribution in [2.75, 3.05) is 13.7 Å². The van der Waals surface area contributed by atoms with Crippen molar-refractivity contribution >= 4 is 21.8 Å². The van der Waals surface area contributed by atoms with E-state index in [1.807, 2.05) is 23.1 Å². The summed E-state index contributed by atoms with van der Waals surface area (Å²) >= 11 is 3.52. The lowest BCUT2D eigenvalue weighted by atomic mass is 10.1. The molecule has 3 heterocycles. The molecule has 4 rings (SSSR count). The quantitative estimate of drug-likeness (QED) is 0.694. The molecule has 1 amide bonds. The highest BCUT2D eigenvalue weighted by Gasteiger charge is 2.34. The first kappa shape index (κ1) is 19.4. The summed E-state index contributed by atoms with van der Waals surface area (Å²) in [4.78, 5) is 15.0. The van der Waals surface area contributed by atoms with Crippen molar-refractivity contribution in [1.29, 1.82) is 0 Å². The molecule has 28 heavy (non-hydrogen) atoms. The number of fused-ring (bicyclic) bond motifs is 1. The Morgan fingerprint density at radius 2 is 2.11 bits per heavy atom. The number of aryl methyl sites for hydroxylation is 2. The SMILES string of the molecule is COc1ccc(CCC(=O)N2CCCC2c2nnc3n2CCCCC3)cc1Br. The van der Waals surface area contributed by atoms with Crippen molar-refractivity contribution in [2.24, 2.45) is 0 Å². The number of hydrogen-bond donors (Lipinski definition) is 0. The molecule has 1 aromatic heterocycles. The Kier molecular flexibility index (Phi) is 5.99. The lowest BCUT2D eigenvalue weighted by Crippen LogP contribution is -2.32. The predicted octanol–water partition coefficient (Wildman–Crippen LogP) is 4.07. The van der Waals surface area contributed by atoms with Crippen LogP contribution in [0.1, 0.15) is 61.8 Å². The van der Waals surface area contributed by atoms with E-state index in [0.717, 1.165) is 66.2 Å². The number of aromatic nitrogens is 3. The largest absolute Gasteiger partial charge is 0.496 e. The summed E-state index contributed by atoms with van der Waals surface area (Å²) in [6.45, 7) is 1.80. The van der Waals surface area contributed by atoms with Crippen LogP contribution in [0, 0.1) is 0 Å². The Labute approximate surface area is 174 Å². The molecule has 0 spiro atoms. The topological polar surface area (TPSA) is 60.2 Å². The highest BCUT2D eigenvalue weighted by atomic mass is 79.9. The van der Waals surface area contributed by atoms with Gasteiger partial charge in [-0.2, -0.15) is 0 Å². The van der Waals surface area contributed by atoms with E-state index in [2.05, 4.69) is 30.7 Å². The zero-order valence-electron chi connectivity index (χ0n) is 16.4. The molecule has 2 aliphatic heterocycles. The third kappa shape index (κ3) is 3.95. The van der Waals surface area contributed by atoms with Crippen LogP contribution >= 0.6 is 15.9 Å². The van der Waals surface area contributed by atoms with Crippen LogP contribution in [0.25, 0.3) is 0 Å². The summed E-state index contributed by atoms with van der Waals surface area (Å²) in [6, 6.07) is 6.07. The van der Waals surface area contributed by atoms with Gasteiger partial charge in [0.15, 0.2) is 5.82 Å². The Hall–Kier alpha value is -1.89. The number of carbonyl (C=O) groups is 1. The van der Waals surface area contributed by atoms with Gasteiger partial charge in [0, 0.05) is 25.9 Å². The first-order valence-electron chi connectivity index (χ1n) is 10.2. The zero-order valence-corrected chi connectivity index (χ0v) is 17.9. The molecule has 1 saturated heterocycles. The molecule has 1 aromatic carbocycles. The van der Waals surface area contributed by atoms with E-state index < -0.39 is 0 Å². The van der Waals surface area contributed by atoms with Gasteiger partial charge in [-0.25, -0.2) is 0 Å². The van der Waals surface area contributed by atoms with Gasteiger partial charge in [0.1, 0.15) is 11.6 Å². The first-order chi connectivity index (χ1) is 13.7. The minimum absolute atomic E-state index is 0.0782. The number of benzene rings is 1. The molecule has 0 aliphatic carbocycles. The van der Waals surface area contributed by atoms with Gasteiger partial charge in [0.25, 0.3) is 0 Å². The number of likely N-dealkylation sites (tertiary alicyclic amines) is 1. The van der Waals surface area contributed by atoms with E-state index in [1.165, 1.54) is 19.3 Å². The molecule has 0 saturated carbocycles. The fourth-order valence-corrected chi connectivity index (χ4v) is 4.94. The Bertz CT molecular complexity index is 851. The third-order valence-electron chi connectivity index (χ3n) is 5.85. The monoisotopic (exact) mass is 446 g/mol. The fraction of sp³-hybridized carbons (Fsp3) is 0.571. The molecule has 2 aromatic rings. The van der Waals surface area contributed by atoms with Crippen LogP contribution in [0.15, 0.2) is 22.7 Å². The van der Waals surface area contributed by atoms with E-state index in [4.69, 9.17) is 4.74 Å². The third-order valence-corrected chi connectivity index (χ3v) is 6.47. The molecule has 1 unspecified atom stereocenters. The highest BCUT2D eigenvalue weighted by Crippen LogP contribution is 2.33. The Morgan fingerprint density at radius 3 is 2.93 bits per heavy atom. The number of rotatable bonds is 5. The number of amides is 1. The summed E-state index contributed by atoms with van der Waals surface area (Å²) in [5.74, 6) is 3.10. The molecule has 2 aliphatic rings. The van der Waals surface area contributed by atoms with Crippen molar-refractivity contribution in [3.63, 3.8) is 0 Å². The maximum absolute atomic E-state index is 13.0. The second-order valence-corrected chi connectivity index (χ2v) is 8.51. The van der Waals surface area contributed by atoms with E-state index in [0.29, 0.717) is 6.42 Å². The molecule has 150 valence electrons. The number of nitrogens with zero attached hydrogens (tertiary/aromatic N) is 4. The minimum atomic E-state index is 0.0782. The number of hydrogen-bond acceptors (Lipinski definition) is 4. The lowest BCUT2D eigenvalue weighted by Gasteiger charge is -2.25. The molecular weight excluding hydrogens is 420 g/mol. The number of halogens is 1. The lowest BCUT2D eigenvalue weighted by molar-refractivity contribution is -0.132. The summed E-state index contributed by atoms with van der Waals surface area (Å²) in [7, 11) is 1.65. The number of ether oxygens (including phenoxy) is 1. The Balaban J connectivity index is 1.44. The number of carbonyl (C=O) groups excluding carboxylic acids is 1. The van der Waals surface area contributed by atoms with Crippen LogP contribution in [-0.4, -0.2) is 39.2 Å². The molecule has 0 bridgehead atoms. The predicted molar refractivity (Wildman–Crippen MR) is 110 cm³/mol. The van der Waals surface area contributed by atoms with E-state index in [1.54, 1.807) is 7.11 Å². The first-order valence-corrected chi connectivity index (χ1v) is 11.0. The van der Waals surface area contributed by atoms with Crippen molar-refractivity contribution in [3.8, 4) is 5.75 Å². The molecular formula is C21H27BrN4O2. The summed E-state index contributed by atoms with van der Waals surface area (Å²) in [6.07, 6.45) is 7.85. The molecule has 7 heteroatoms. The van der Waals surface area contributed by atoms with Crippen LogP contribution in [0.2, 0.25) is 0 Å². The van der Waals surface area contributed by atoms with Gasteiger partial charge in [-0.3, -0.25) is 4.79 Å². The van der Waals surface area contributed by atoms with Gasteiger partial charge in [-0.05, 0) is 65.7 Å². The normalized spacial score (nSPS) is 19.4. The average molecular weight is 447 g/mol. The van der Waals surface area contributed by atoms with Gasteiger partial charge < -0.3 is 14.2 Å². The van der Waals surface area contributed by atoms with Gasteiger partial charge in [-0.15, -0.1) is 10.2 Å². The van der Waals surface area contributed by atoms with Crippen LogP contribution in [-0.2, 0) is 24.2 Å². The molecule has 0 N–H and O–H groups in total.